The second-order valence-electron chi connectivity index (χ2n) is 5.08. The average molecular weight is 355 g/mol. The van der Waals surface area contributed by atoms with Crippen LogP contribution in [0, 0.1) is 0 Å². The van der Waals surface area contributed by atoms with Gasteiger partial charge in [0.1, 0.15) is 0 Å². The van der Waals surface area contributed by atoms with Crippen molar-refractivity contribution in [3.63, 3.8) is 0 Å². The molecule has 2 aromatic carbocycles. The van der Waals surface area contributed by atoms with E-state index in [0.717, 1.165) is 27.6 Å². The van der Waals surface area contributed by atoms with E-state index in [2.05, 4.69) is 32.2 Å². The third-order valence-corrected chi connectivity index (χ3v) is 4.65. The topological polar surface area (TPSA) is 61.3 Å². The summed E-state index contributed by atoms with van der Waals surface area (Å²) in [6.45, 7) is 1.93. The molecule has 0 radical (unpaired) electrons. The molecule has 0 spiro atoms. The quantitative estimate of drug-likeness (QED) is 0.377. The molecule has 24 heavy (non-hydrogen) atoms. The molecule has 0 atom stereocenters. The molecule has 0 saturated heterocycles. The first-order valence-electron chi connectivity index (χ1n) is 7.41. The highest BCUT2D eigenvalue weighted by Gasteiger charge is 2.04. The molecule has 0 aliphatic heterocycles. The van der Waals surface area contributed by atoms with Gasteiger partial charge in [0, 0.05) is 12.7 Å². The first-order valence-corrected chi connectivity index (χ1v) is 8.63. The minimum atomic E-state index is 0.489. The van der Waals surface area contributed by atoms with Crippen LogP contribution in [0.2, 0.25) is 0 Å². The predicted octanol–water partition coefficient (Wildman–Crippen LogP) is 3.86. The van der Waals surface area contributed by atoms with Crippen LogP contribution in [-0.4, -0.2) is 22.9 Å². The van der Waals surface area contributed by atoms with Crippen LogP contribution in [0.15, 0.2) is 53.6 Å². The van der Waals surface area contributed by atoms with Gasteiger partial charge < -0.3 is 10.6 Å². The maximum Gasteiger partial charge on any atom is 0.188 e. The van der Waals surface area contributed by atoms with Crippen molar-refractivity contribution in [2.24, 2.45) is 5.10 Å². The highest BCUT2D eigenvalue weighted by Crippen LogP contribution is 2.28. The number of aromatic nitrogens is 1. The number of fused-ring (bicyclic) bond motifs is 1. The average Bonchev–Trinajstić information content (AvgIpc) is 3.02. The van der Waals surface area contributed by atoms with E-state index in [-0.39, 0.29) is 0 Å². The van der Waals surface area contributed by atoms with Crippen molar-refractivity contribution in [1.29, 1.82) is 0 Å². The minimum absolute atomic E-state index is 0.489. The number of hydrogen-bond acceptors (Lipinski definition) is 5. The van der Waals surface area contributed by atoms with Crippen LogP contribution in [0.3, 0.4) is 0 Å². The molecule has 122 valence electrons. The Morgan fingerprint density at radius 2 is 1.88 bits per heavy atom. The third kappa shape index (κ3) is 3.87. The third-order valence-electron chi connectivity index (χ3n) is 3.40. The lowest BCUT2D eigenvalue weighted by atomic mass is 10.1. The smallest absolute Gasteiger partial charge is 0.188 e. The van der Waals surface area contributed by atoms with Crippen molar-refractivity contribution in [3.05, 3.63) is 54.1 Å². The van der Waals surface area contributed by atoms with Crippen molar-refractivity contribution in [3.8, 4) is 0 Å². The Morgan fingerprint density at radius 1 is 1.12 bits per heavy atom. The molecular formula is C17H17N5S2. The molecule has 0 bridgehead atoms. The number of para-hydroxylation sites is 1. The van der Waals surface area contributed by atoms with Crippen LogP contribution in [0.25, 0.3) is 10.2 Å². The van der Waals surface area contributed by atoms with Gasteiger partial charge in [-0.25, -0.2) is 4.98 Å². The van der Waals surface area contributed by atoms with Crippen LogP contribution in [-0.2, 0) is 0 Å². The first kappa shape index (κ1) is 16.4. The van der Waals surface area contributed by atoms with Crippen LogP contribution >= 0.6 is 23.6 Å². The van der Waals surface area contributed by atoms with E-state index in [1.165, 1.54) is 4.70 Å². The molecule has 3 N–H and O–H groups in total. The van der Waals surface area contributed by atoms with Crippen molar-refractivity contribution in [2.45, 2.75) is 6.92 Å². The summed E-state index contributed by atoms with van der Waals surface area (Å²) < 4.78 is 1.17. The van der Waals surface area contributed by atoms with Gasteiger partial charge in [0.25, 0.3) is 0 Å². The van der Waals surface area contributed by atoms with Gasteiger partial charge in [0.2, 0.25) is 0 Å². The largest absolute Gasteiger partial charge is 0.364 e. The lowest BCUT2D eigenvalue weighted by Crippen LogP contribution is -2.29. The molecule has 1 aromatic heterocycles. The van der Waals surface area contributed by atoms with E-state index in [1.54, 1.807) is 18.4 Å². The van der Waals surface area contributed by atoms with Gasteiger partial charge in [-0.3, -0.25) is 5.43 Å². The minimum Gasteiger partial charge on any atom is -0.364 e. The molecule has 0 aliphatic carbocycles. The number of thiocarbonyl (C=S) groups is 1. The molecule has 1 heterocycles. The molecule has 0 aliphatic rings. The zero-order chi connectivity index (χ0) is 16.9. The molecule has 0 unspecified atom stereocenters. The van der Waals surface area contributed by atoms with Crippen molar-refractivity contribution in [2.75, 3.05) is 12.4 Å². The van der Waals surface area contributed by atoms with E-state index in [1.807, 2.05) is 49.4 Å². The lowest BCUT2D eigenvalue weighted by molar-refractivity contribution is 0.974. The predicted molar refractivity (Wildman–Crippen MR) is 106 cm³/mol. The summed E-state index contributed by atoms with van der Waals surface area (Å²) in [7, 11) is 1.75. The monoisotopic (exact) mass is 355 g/mol. The lowest BCUT2D eigenvalue weighted by Gasteiger charge is -2.06. The maximum atomic E-state index is 5.00. The summed E-state index contributed by atoms with van der Waals surface area (Å²) in [4.78, 5) is 4.58. The van der Waals surface area contributed by atoms with Gasteiger partial charge >= 0.3 is 0 Å². The van der Waals surface area contributed by atoms with Gasteiger partial charge in [0.05, 0.1) is 15.9 Å². The summed E-state index contributed by atoms with van der Waals surface area (Å²) in [6.07, 6.45) is 0. The standard InChI is InChI=1S/C17H17N5S2/c1-11(21-22-16(23)18-2)12-7-9-13(10-8-12)19-17-20-14-5-3-4-6-15(14)24-17/h3-10H,1-2H3,(H,19,20)(H2,18,22,23)/b21-11-. The molecule has 3 aromatic rings. The van der Waals surface area contributed by atoms with E-state index in [4.69, 9.17) is 12.2 Å². The van der Waals surface area contributed by atoms with E-state index in [0.29, 0.717) is 5.11 Å². The van der Waals surface area contributed by atoms with Gasteiger partial charge in [-0.1, -0.05) is 35.6 Å². The van der Waals surface area contributed by atoms with Crippen molar-refractivity contribution in [1.82, 2.24) is 15.7 Å². The van der Waals surface area contributed by atoms with Crippen LogP contribution in [0.4, 0.5) is 10.8 Å². The van der Waals surface area contributed by atoms with Crippen LogP contribution in [0.5, 0.6) is 0 Å². The fourth-order valence-electron chi connectivity index (χ4n) is 2.10. The molecule has 5 nitrogen and oxygen atoms in total. The van der Waals surface area contributed by atoms with Crippen molar-refractivity contribution >= 4 is 55.4 Å². The number of benzene rings is 2. The number of rotatable bonds is 4. The van der Waals surface area contributed by atoms with Gasteiger partial charge in [-0.05, 0) is 49.0 Å². The fourth-order valence-corrected chi connectivity index (χ4v) is 3.03. The molecular weight excluding hydrogens is 338 g/mol. The van der Waals surface area contributed by atoms with Gasteiger partial charge in [-0.15, -0.1) is 0 Å². The number of anilines is 2. The Kier molecular flexibility index (Phi) is 5.02. The zero-order valence-corrected chi connectivity index (χ0v) is 15.0. The molecule has 3 rings (SSSR count). The molecule has 0 fully saturated rings. The van der Waals surface area contributed by atoms with E-state index >= 15 is 0 Å². The molecule has 0 saturated carbocycles. The van der Waals surface area contributed by atoms with E-state index in [9.17, 15) is 0 Å². The summed E-state index contributed by atoms with van der Waals surface area (Å²) in [5, 5.41) is 11.8. The zero-order valence-electron chi connectivity index (χ0n) is 13.3. The summed E-state index contributed by atoms with van der Waals surface area (Å²) in [6, 6.07) is 16.2. The Labute approximate surface area is 149 Å². The van der Waals surface area contributed by atoms with Crippen molar-refractivity contribution < 1.29 is 0 Å². The van der Waals surface area contributed by atoms with E-state index < -0.39 is 0 Å². The number of thiazole rings is 1. The number of nitrogens with one attached hydrogen (secondary N) is 3. The number of hydrazone groups is 1. The summed E-state index contributed by atoms with van der Waals surface area (Å²) in [5.41, 5.74) is 6.67. The highest BCUT2D eigenvalue weighted by molar-refractivity contribution is 7.80. The number of nitrogens with zero attached hydrogens (tertiary/aromatic N) is 2. The van der Waals surface area contributed by atoms with Crippen LogP contribution < -0.4 is 16.1 Å². The Hall–Kier alpha value is -2.51. The normalized spacial score (nSPS) is 11.3. The summed E-state index contributed by atoms with van der Waals surface area (Å²) >= 11 is 6.64. The second kappa shape index (κ2) is 7.37. The summed E-state index contributed by atoms with van der Waals surface area (Å²) in [5.74, 6) is 0. The molecule has 7 heteroatoms. The van der Waals surface area contributed by atoms with Crippen LogP contribution in [0.1, 0.15) is 12.5 Å². The Morgan fingerprint density at radius 3 is 2.58 bits per heavy atom. The number of hydrogen-bond donors (Lipinski definition) is 3. The first-order chi connectivity index (χ1) is 11.7. The second-order valence-corrected chi connectivity index (χ2v) is 6.52. The SMILES string of the molecule is CNC(=S)N/N=C(/C)c1ccc(Nc2nc3ccccc3s2)cc1. The van der Waals surface area contributed by atoms with Gasteiger partial charge in [0.15, 0.2) is 10.2 Å². The maximum absolute atomic E-state index is 5.00. The Bertz CT molecular complexity index is 850. The highest BCUT2D eigenvalue weighted by atomic mass is 32.1. The van der Waals surface area contributed by atoms with Gasteiger partial charge in [-0.2, -0.15) is 5.10 Å². The Balaban J connectivity index is 1.71. The fraction of sp³-hybridized carbons (Fsp3) is 0.118. The molecule has 0 amide bonds.